The van der Waals surface area contributed by atoms with Crippen molar-refractivity contribution in [2.75, 3.05) is 33.7 Å². The minimum absolute atomic E-state index is 0.173. The van der Waals surface area contributed by atoms with Crippen molar-refractivity contribution in [3.05, 3.63) is 48.5 Å². The Bertz CT molecular complexity index is 806. The molecule has 0 unspecified atom stereocenters. The van der Waals surface area contributed by atoms with Gasteiger partial charge < -0.3 is 24.0 Å². The zero-order valence-corrected chi connectivity index (χ0v) is 17.8. The van der Waals surface area contributed by atoms with Crippen LogP contribution in [0.15, 0.2) is 48.5 Å². The van der Waals surface area contributed by atoms with E-state index in [4.69, 9.17) is 33.3 Å². The Labute approximate surface area is 174 Å². The predicted octanol–water partition coefficient (Wildman–Crippen LogP) is 3.33. The van der Waals surface area contributed by atoms with Crippen LogP contribution < -0.4 is 24.6 Å². The standard InChI is InChI=1S/C19H24NO9P/c1-4-25-19(21)13-20-14-30(22,28-26-17-11-7-5-9-15(17)23-2)29-27-18-12-8-6-10-16(18)24-3/h5-12,20H,4,13-14H2,1-3H3. The number of nitrogens with one attached hydrogen (secondary N) is 1. The van der Waals surface area contributed by atoms with Gasteiger partial charge in [-0.2, -0.15) is 0 Å². The summed E-state index contributed by atoms with van der Waals surface area (Å²) >= 11 is 0. The van der Waals surface area contributed by atoms with Crippen LogP contribution in [0.2, 0.25) is 0 Å². The van der Waals surface area contributed by atoms with Crippen molar-refractivity contribution in [2.24, 2.45) is 0 Å². The third-order valence-corrected chi connectivity index (χ3v) is 4.71. The van der Waals surface area contributed by atoms with Gasteiger partial charge in [-0.05, 0) is 31.2 Å². The predicted molar refractivity (Wildman–Crippen MR) is 107 cm³/mol. The molecule has 0 saturated carbocycles. The molecule has 0 spiro atoms. The first-order valence-corrected chi connectivity index (χ1v) is 10.7. The molecule has 0 aromatic heterocycles. The molecule has 0 amide bonds. The molecule has 0 heterocycles. The molecule has 10 nitrogen and oxygen atoms in total. The van der Waals surface area contributed by atoms with E-state index in [9.17, 15) is 9.36 Å². The van der Waals surface area contributed by atoms with Gasteiger partial charge in [-0.1, -0.05) is 33.6 Å². The van der Waals surface area contributed by atoms with Crippen LogP contribution in [-0.4, -0.2) is 39.6 Å². The SMILES string of the molecule is CCOC(=O)CNCP(=O)(OOc1ccccc1OC)OOc1ccccc1OC. The molecule has 11 heteroatoms. The quantitative estimate of drug-likeness (QED) is 0.215. The first kappa shape index (κ1) is 23.5. The van der Waals surface area contributed by atoms with E-state index in [-0.39, 0.29) is 24.7 Å². The van der Waals surface area contributed by atoms with Crippen LogP contribution in [-0.2, 0) is 23.4 Å². The van der Waals surface area contributed by atoms with Crippen molar-refractivity contribution < 1.29 is 42.7 Å². The minimum Gasteiger partial charge on any atom is -0.493 e. The number of esters is 1. The van der Waals surface area contributed by atoms with Crippen molar-refractivity contribution in [3.63, 3.8) is 0 Å². The second-order valence-corrected chi connectivity index (χ2v) is 7.45. The van der Waals surface area contributed by atoms with Gasteiger partial charge in [0.25, 0.3) is 0 Å². The Morgan fingerprint density at radius 1 is 0.867 bits per heavy atom. The lowest BCUT2D eigenvalue weighted by molar-refractivity contribution is -0.172. The molecule has 164 valence electrons. The number of hydrogen-bond acceptors (Lipinski definition) is 10. The summed E-state index contributed by atoms with van der Waals surface area (Å²) in [6.07, 6.45) is -0.407. The first-order chi connectivity index (χ1) is 14.5. The molecule has 0 radical (unpaired) electrons. The Balaban J connectivity index is 2.08. The number of ether oxygens (including phenoxy) is 3. The lowest BCUT2D eigenvalue weighted by Crippen LogP contribution is -2.27. The molecule has 0 bridgehead atoms. The summed E-state index contributed by atoms with van der Waals surface area (Å²) in [5.41, 5.74) is 0. The zero-order valence-electron chi connectivity index (χ0n) is 16.9. The van der Waals surface area contributed by atoms with Crippen molar-refractivity contribution in [2.45, 2.75) is 6.92 Å². The van der Waals surface area contributed by atoms with Gasteiger partial charge in [-0.3, -0.25) is 14.7 Å². The molecule has 0 aliphatic carbocycles. The zero-order chi connectivity index (χ0) is 21.8. The van der Waals surface area contributed by atoms with Crippen LogP contribution in [0.25, 0.3) is 0 Å². The van der Waals surface area contributed by atoms with Crippen LogP contribution in [0.3, 0.4) is 0 Å². The van der Waals surface area contributed by atoms with E-state index >= 15 is 0 Å². The van der Waals surface area contributed by atoms with Crippen molar-refractivity contribution in [1.29, 1.82) is 0 Å². The lowest BCUT2D eigenvalue weighted by atomic mass is 10.3. The van der Waals surface area contributed by atoms with Crippen molar-refractivity contribution >= 4 is 13.6 Å². The summed E-state index contributed by atoms with van der Waals surface area (Å²) in [5.74, 6) is 0.529. The lowest BCUT2D eigenvalue weighted by Gasteiger charge is -2.18. The fourth-order valence-corrected chi connectivity index (χ4v) is 3.04. The third kappa shape index (κ3) is 7.23. The average molecular weight is 441 g/mol. The highest BCUT2D eigenvalue weighted by molar-refractivity contribution is 7.53. The van der Waals surface area contributed by atoms with Gasteiger partial charge in [-0.15, -0.1) is 0 Å². The summed E-state index contributed by atoms with van der Waals surface area (Å²) in [7, 11) is -1.16. The number of rotatable bonds is 13. The smallest absolute Gasteiger partial charge is 0.418 e. The van der Waals surface area contributed by atoms with Crippen LogP contribution in [0, 0.1) is 0 Å². The summed E-state index contributed by atoms with van der Waals surface area (Å²) in [4.78, 5) is 21.8. The molecule has 2 rings (SSSR count). The van der Waals surface area contributed by atoms with E-state index in [1.54, 1.807) is 55.5 Å². The van der Waals surface area contributed by atoms with E-state index in [1.807, 2.05) is 0 Å². The fourth-order valence-electron chi connectivity index (χ4n) is 2.14. The van der Waals surface area contributed by atoms with Crippen LogP contribution in [0.5, 0.6) is 23.0 Å². The molecular weight excluding hydrogens is 417 g/mol. The summed E-state index contributed by atoms with van der Waals surface area (Å²) < 4.78 is 38.4. The van der Waals surface area contributed by atoms with E-state index in [0.29, 0.717) is 11.5 Å². The maximum Gasteiger partial charge on any atom is 0.418 e. The Morgan fingerprint density at radius 2 is 1.33 bits per heavy atom. The second-order valence-electron chi connectivity index (χ2n) is 5.62. The van der Waals surface area contributed by atoms with Gasteiger partial charge in [0.1, 0.15) is 6.29 Å². The highest BCUT2D eigenvalue weighted by atomic mass is 31.2. The maximum absolute atomic E-state index is 13.1. The topological polar surface area (TPSA) is 111 Å². The summed E-state index contributed by atoms with van der Waals surface area (Å²) in [6.45, 7) is 1.68. The van der Waals surface area contributed by atoms with E-state index in [2.05, 4.69) is 5.32 Å². The molecule has 0 atom stereocenters. The summed E-state index contributed by atoms with van der Waals surface area (Å²) in [6, 6.07) is 13.2. The summed E-state index contributed by atoms with van der Waals surface area (Å²) in [5, 5.41) is 2.63. The van der Waals surface area contributed by atoms with Gasteiger partial charge >= 0.3 is 13.6 Å². The van der Waals surface area contributed by atoms with Crippen molar-refractivity contribution in [1.82, 2.24) is 5.32 Å². The number of para-hydroxylation sites is 4. The highest BCUT2D eigenvalue weighted by Crippen LogP contribution is 2.49. The molecule has 2 aromatic carbocycles. The van der Waals surface area contributed by atoms with E-state index < -0.39 is 19.9 Å². The number of carbonyl (C=O) groups excluding carboxylic acids is 1. The number of benzene rings is 2. The molecule has 30 heavy (non-hydrogen) atoms. The van der Waals surface area contributed by atoms with Gasteiger partial charge in [-0.25, -0.2) is 0 Å². The van der Waals surface area contributed by atoms with Gasteiger partial charge in [0.05, 0.1) is 27.4 Å². The first-order valence-electron chi connectivity index (χ1n) is 8.95. The van der Waals surface area contributed by atoms with Gasteiger partial charge in [0, 0.05) is 0 Å². The Hall–Kier alpha value is -2.78. The van der Waals surface area contributed by atoms with Gasteiger partial charge in [0.2, 0.25) is 11.5 Å². The van der Waals surface area contributed by atoms with Crippen LogP contribution >= 0.6 is 7.60 Å². The maximum atomic E-state index is 13.1. The fraction of sp³-hybridized carbons (Fsp3) is 0.316. The van der Waals surface area contributed by atoms with E-state index in [0.717, 1.165) is 0 Å². The van der Waals surface area contributed by atoms with Crippen LogP contribution in [0.1, 0.15) is 6.92 Å². The number of methoxy groups -OCH3 is 2. The molecule has 0 fully saturated rings. The van der Waals surface area contributed by atoms with E-state index in [1.165, 1.54) is 14.2 Å². The molecule has 2 aromatic rings. The Kier molecular flexibility index (Phi) is 9.43. The van der Waals surface area contributed by atoms with Crippen molar-refractivity contribution in [3.8, 4) is 23.0 Å². The normalized spacial score (nSPS) is 10.9. The molecule has 1 N–H and O–H groups in total. The minimum atomic E-state index is -4.06. The molecular formula is C19H24NO9P. The van der Waals surface area contributed by atoms with Crippen LogP contribution in [0.4, 0.5) is 0 Å². The molecule has 0 saturated heterocycles. The number of hydrogen-bond donors (Lipinski definition) is 1. The average Bonchev–Trinajstić information content (AvgIpc) is 2.77. The third-order valence-electron chi connectivity index (χ3n) is 3.50. The molecule has 0 aliphatic heterocycles. The van der Waals surface area contributed by atoms with Gasteiger partial charge in [0.15, 0.2) is 11.5 Å². The Morgan fingerprint density at radius 3 is 1.77 bits per heavy atom. The largest absolute Gasteiger partial charge is 0.493 e. The monoisotopic (exact) mass is 441 g/mol. The highest BCUT2D eigenvalue weighted by Gasteiger charge is 2.31. The number of carbonyl (C=O) groups is 1. The molecule has 0 aliphatic rings. The second kappa shape index (κ2) is 12.0.